The second-order valence-electron chi connectivity index (χ2n) is 2.46. The molecule has 58 valence electrons. The maximum atomic E-state index is 8.63. The van der Waals surface area contributed by atoms with Gasteiger partial charge in [0.05, 0.1) is 5.69 Å². The molecule has 1 heterocycles. The fraction of sp³-hybridized carbons (Fsp3) is 0.375. The van der Waals surface area contributed by atoms with E-state index >= 15 is 0 Å². The third-order valence-corrected chi connectivity index (χ3v) is 1.84. The second-order valence-corrected chi connectivity index (χ2v) is 2.46. The Hall–Kier alpha value is -1.43. The molecule has 2 N–H and O–H groups in total. The Labute approximate surface area is 66.0 Å². The van der Waals surface area contributed by atoms with Crippen LogP contribution in [0.2, 0.25) is 0 Å². The molecule has 0 radical (unpaired) electrons. The van der Waals surface area contributed by atoms with Crippen molar-refractivity contribution in [2.24, 2.45) is 7.05 Å². The van der Waals surface area contributed by atoms with Crippen molar-refractivity contribution >= 4 is 5.69 Å². The van der Waals surface area contributed by atoms with Crippen molar-refractivity contribution in [1.82, 2.24) is 4.57 Å². The Morgan fingerprint density at radius 1 is 1.73 bits per heavy atom. The Morgan fingerprint density at radius 3 is 2.64 bits per heavy atom. The maximum absolute atomic E-state index is 8.63. The molecule has 0 aliphatic carbocycles. The lowest BCUT2D eigenvalue weighted by atomic mass is 10.3. The first-order valence-corrected chi connectivity index (χ1v) is 3.54. The minimum absolute atomic E-state index is 0.624. The molecule has 0 amide bonds. The molecule has 0 bridgehead atoms. The van der Waals surface area contributed by atoms with Gasteiger partial charge in [-0.1, -0.05) is 6.92 Å². The molecule has 11 heavy (non-hydrogen) atoms. The zero-order valence-electron chi connectivity index (χ0n) is 6.76. The van der Waals surface area contributed by atoms with Crippen LogP contribution in [-0.2, 0) is 13.5 Å². The quantitative estimate of drug-likeness (QED) is 0.648. The summed E-state index contributed by atoms with van der Waals surface area (Å²) < 4.78 is 1.83. The van der Waals surface area contributed by atoms with Gasteiger partial charge in [0.15, 0.2) is 0 Å². The lowest BCUT2D eigenvalue weighted by Gasteiger charge is -2.00. The van der Waals surface area contributed by atoms with Crippen LogP contribution in [0, 0.1) is 11.3 Å². The molecule has 0 unspecified atom stereocenters. The summed E-state index contributed by atoms with van der Waals surface area (Å²) in [5.41, 5.74) is 8.02. The smallest absolute Gasteiger partial charge is 0.122 e. The summed E-state index contributed by atoms with van der Waals surface area (Å²) in [6, 6.07) is 3.78. The van der Waals surface area contributed by atoms with Gasteiger partial charge in [0.2, 0.25) is 0 Å². The van der Waals surface area contributed by atoms with E-state index in [1.54, 1.807) is 6.07 Å². The van der Waals surface area contributed by atoms with Crippen molar-refractivity contribution in [1.29, 1.82) is 5.26 Å². The average Bonchev–Trinajstić information content (AvgIpc) is 2.26. The Balaban J connectivity index is 3.28. The standard InChI is InChI=1S/C8H11N3/c1-3-8-7(10)4-6(5-9)11(8)2/h4H,3,10H2,1-2H3. The van der Waals surface area contributed by atoms with E-state index in [1.165, 1.54) is 0 Å². The van der Waals surface area contributed by atoms with Crippen LogP contribution in [0.3, 0.4) is 0 Å². The van der Waals surface area contributed by atoms with Gasteiger partial charge in [-0.3, -0.25) is 0 Å². The highest BCUT2D eigenvalue weighted by molar-refractivity contribution is 5.50. The molecule has 0 saturated heterocycles. The highest BCUT2D eigenvalue weighted by Crippen LogP contribution is 2.16. The molecule has 3 nitrogen and oxygen atoms in total. The monoisotopic (exact) mass is 149 g/mol. The van der Waals surface area contributed by atoms with Gasteiger partial charge in [0, 0.05) is 12.7 Å². The highest BCUT2D eigenvalue weighted by Gasteiger charge is 2.06. The number of nitrogens with two attached hydrogens (primary N) is 1. The van der Waals surface area contributed by atoms with Crippen LogP contribution in [0.5, 0.6) is 0 Å². The third kappa shape index (κ3) is 1.07. The summed E-state index contributed by atoms with van der Waals surface area (Å²) in [7, 11) is 1.85. The number of hydrogen-bond acceptors (Lipinski definition) is 2. The number of hydrogen-bond donors (Lipinski definition) is 1. The van der Waals surface area contributed by atoms with E-state index < -0.39 is 0 Å². The number of nitriles is 1. The summed E-state index contributed by atoms with van der Waals surface area (Å²) >= 11 is 0. The highest BCUT2D eigenvalue weighted by atomic mass is 15.0. The van der Waals surface area contributed by atoms with E-state index in [1.807, 2.05) is 18.5 Å². The van der Waals surface area contributed by atoms with Crippen molar-refractivity contribution in [3.63, 3.8) is 0 Å². The fourth-order valence-corrected chi connectivity index (χ4v) is 1.22. The number of nitrogen functional groups attached to an aromatic ring is 1. The lowest BCUT2D eigenvalue weighted by Crippen LogP contribution is -1.98. The molecular weight excluding hydrogens is 138 g/mol. The van der Waals surface area contributed by atoms with E-state index in [4.69, 9.17) is 11.0 Å². The predicted molar refractivity (Wildman–Crippen MR) is 43.9 cm³/mol. The van der Waals surface area contributed by atoms with E-state index in [0.717, 1.165) is 12.1 Å². The topological polar surface area (TPSA) is 54.7 Å². The molecule has 0 atom stereocenters. The maximum Gasteiger partial charge on any atom is 0.122 e. The number of anilines is 1. The molecule has 0 aliphatic rings. The first-order chi connectivity index (χ1) is 5.20. The number of nitrogens with zero attached hydrogens (tertiary/aromatic N) is 2. The van der Waals surface area contributed by atoms with Gasteiger partial charge in [-0.25, -0.2) is 0 Å². The van der Waals surface area contributed by atoms with E-state index in [-0.39, 0.29) is 0 Å². The Bertz CT molecular complexity index is 304. The predicted octanol–water partition coefficient (Wildman–Crippen LogP) is 1.04. The molecule has 1 aromatic rings. The molecule has 0 spiro atoms. The summed E-state index contributed by atoms with van der Waals surface area (Å²) in [6.45, 7) is 2.02. The van der Waals surface area contributed by atoms with Gasteiger partial charge in [-0.2, -0.15) is 5.26 Å². The summed E-state index contributed by atoms with van der Waals surface area (Å²) in [5, 5.41) is 8.63. The SMILES string of the molecule is CCc1c(N)cc(C#N)n1C. The van der Waals surface area contributed by atoms with Gasteiger partial charge in [-0.15, -0.1) is 0 Å². The fourth-order valence-electron chi connectivity index (χ4n) is 1.22. The number of aromatic nitrogens is 1. The minimum atomic E-state index is 0.624. The second kappa shape index (κ2) is 2.67. The summed E-state index contributed by atoms with van der Waals surface area (Å²) in [5.74, 6) is 0. The molecule has 0 saturated carbocycles. The Kier molecular flexibility index (Phi) is 1.86. The zero-order chi connectivity index (χ0) is 8.43. The van der Waals surface area contributed by atoms with Gasteiger partial charge < -0.3 is 10.3 Å². The van der Waals surface area contributed by atoms with Crippen LogP contribution in [0.4, 0.5) is 5.69 Å². The van der Waals surface area contributed by atoms with E-state index in [0.29, 0.717) is 11.4 Å². The van der Waals surface area contributed by atoms with Crippen molar-refractivity contribution < 1.29 is 0 Å². The van der Waals surface area contributed by atoms with Crippen LogP contribution < -0.4 is 5.73 Å². The van der Waals surface area contributed by atoms with Crippen molar-refractivity contribution in [2.45, 2.75) is 13.3 Å². The summed E-state index contributed by atoms with van der Waals surface area (Å²) in [4.78, 5) is 0. The molecule has 3 heteroatoms. The molecule has 0 fully saturated rings. The normalized spacial score (nSPS) is 9.55. The third-order valence-electron chi connectivity index (χ3n) is 1.84. The van der Waals surface area contributed by atoms with Gasteiger partial charge >= 0.3 is 0 Å². The molecule has 1 rings (SSSR count). The van der Waals surface area contributed by atoms with Gasteiger partial charge in [-0.05, 0) is 12.5 Å². The van der Waals surface area contributed by atoms with Crippen LogP contribution in [0.15, 0.2) is 6.07 Å². The zero-order valence-corrected chi connectivity index (χ0v) is 6.76. The van der Waals surface area contributed by atoms with Crippen LogP contribution >= 0.6 is 0 Å². The van der Waals surface area contributed by atoms with Crippen LogP contribution in [0.1, 0.15) is 18.3 Å². The van der Waals surface area contributed by atoms with Crippen LogP contribution in [0.25, 0.3) is 0 Å². The van der Waals surface area contributed by atoms with Crippen molar-refractivity contribution in [2.75, 3.05) is 5.73 Å². The largest absolute Gasteiger partial charge is 0.397 e. The molecule has 1 aromatic heterocycles. The first-order valence-electron chi connectivity index (χ1n) is 3.54. The van der Waals surface area contributed by atoms with E-state index in [2.05, 4.69) is 6.07 Å². The van der Waals surface area contributed by atoms with Gasteiger partial charge in [0.25, 0.3) is 0 Å². The van der Waals surface area contributed by atoms with E-state index in [9.17, 15) is 0 Å². The van der Waals surface area contributed by atoms with Gasteiger partial charge in [0.1, 0.15) is 11.8 Å². The average molecular weight is 149 g/mol. The first kappa shape index (κ1) is 7.67. The lowest BCUT2D eigenvalue weighted by molar-refractivity contribution is 0.827. The summed E-state index contributed by atoms with van der Waals surface area (Å²) in [6.07, 6.45) is 0.865. The number of rotatable bonds is 1. The molecular formula is C8H11N3. The molecule has 0 aliphatic heterocycles. The van der Waals surface area contributed by atoms with Crippen molar-refractivity contribution in [3.05, 3.63) is 17.5 Å². The van der Waals surface area contributed by atoms with Crippen LogP contribution in [-0.4, -0.2) is 4.57 Å². The van der Waals surface area contributed by atoms with Crippen molar-refractivity contribution in [3.8, 4) is 6.07 Å². The minimum Gasteiger partial charge on any atom is -0.397 e. The molecule has 0 aromatic carbocycles. The Morgan fingerprint density at radius 2 is 2.36 bits per heavy atom.